The molecular formula is C20H11ClF3N3O2. The number of alkyl halides is 3. The summed E-state index contributed by atoms with van der Waals surface area (Å²) in [7, 11) is 0. The Morgan fingerprint density at radius 2 is 1.83 bits per heavy atom. The van der Waals surface area contributed by atoms with Crippen LogP contribution >= 0.6 is 11.6 Å². The number of phenolic OH excluding ortho intramolecular Hbond substituents is 1. The highest BCUT2D eigenvalue weighted by molar-refractivity contribution is 6.34. The number of fused-ring (bicyclic) bond motifs is 1. The molecule has 9 heteroatoms. The van der Waals surface area contributed by atoms with Gasteiger partial charge in [-0.05, 0) is 36.4 Å². The lowest BCUT2D eigenvalue weighted by Crippen LogP contribution is -2.20. The number of pyridine rings is 1. The molecule has 29 heavy (non-hydrogen) atoms. The van der Waals surface area contributed by atoms with Gasteiger partial charge in [-0.25, -0.2) is 0 Å². The fraction of sp³-hybridized carbons (Fsp3) is 0.0500. The third kappa shape index (κ3) is 3.31. The third-order valence-corrected chi connectivity index (χ3v) is 4.60. The molecule has 2 heterocycles. The molecule has 0 atom stereocenters. The molecule has 0 aliphatic carbocycles. The van der Waals surface area contributed by atoms with E-state index in [0.29, 0.717) is 11.1 Å². The molecule has 0 amide bonds. The minimum absolute atomic E-state index is 0.0297. The van der Waals surface area contributed by atoms with Gasteiger partial charge in [-0.15, -0.1) is 0 Å². The number of hydrogen-bond donors (Lipinski definition) is 1. The Morgan fingerprint density at radius 1 is 1.07 bits per heavy atom. The van der Waals surface area contributed by atoms with Gasteiger partial charge in [0.15, 0.2) is 0 Å². The van der Waals surface area contributed by atoms with Gasteiger partial charge in [0.2, 0.25) is 0 Å². The predicted octanol–water partition coefficient (Wildman–Crippen LogP) is 5.16. The Kier molecular flexibility index (Phi) is 4.50. The van der Waals surface area contributed by atoms with Gasteiger partial charge in [-0.2, -0.15) is 23.0 Å². The maximum Gasteiger partial charge on any atom is 0.417 e. The second-order valence-electron chi connectivity index (χ2n) is 6.15. The van der Waals surface area contributed by atoms with Gasteiger partial charge in [0.1, 0.15) is 17.0 Å². The fourth-order valence-corrected chi connectivity index (χ4v) is 3.29. The highest BCUT2D eigenvalue weighted by atomic mass is 35.5. The van der Waals surface area contributed by atoms with Gasteiger partial charge in [0.25, 0.3) is 5.91 Å². The minimum Gasteiger partial charge on any atom is -0.508 e. The van der Waals surface area contributed by atoms with E-state index in [1.807, 2.05) is 0 Å². The van der Waals surface area contributed by atoms with Crippen LogP contribution in [-0.4, -0.2) is 25.8 Å². The highest BCUT2D eigenvalue weighted by Gasteiger charge is 2.37. The first kappa shape index (κ1) is 18.9. The Bertz CT molecular complexity index is 1250. The van der Waals surface area contributed by atoms with Crippen LogP contribution in [0.3, 0.4) is 0 Å². The maximum absolute atomic E-state index is 13.5. The molecule has 0 unspecified atom stereocenters. The van der Waals surface area contributed by atoms with Crippen molar-refractivity contribution in [1.82, 2.24) is 14.8 Å². The SMILES string of the molecule is O=C(c1c(Cl)cccc1C(F)(F)F)n1nc(-c2cccc(O)c2)c2ncccc21. The van der Waals surface area contributed by atoms with Gasteiger partial charge >= 0.3 is 6.18 Å². The predicted molar refractivity (Wildman–Crippen MR) is 101 cm³/mol. The Hall–Kier alpha value is -3.39. The van der Waals surface area contributed by atoms with E-state index in [4.69, 9.17) is 11.6 Å². The maximum atomic E-state index is 13.5. The van der Waals surface area contributed by atoms with E-state index in [-0.39, 0.29) is 22.0 Å². The van der Waals surface area contributed by atoms with Crippen molar-refractivity contribution in [2.45, 2.75) is 6.18 Å². The van der Waals surface area contributed by atoms with E-state index in [9.17, 15) is 23.1 Å². The van der Waals surface area contributed by atoms with Crippen LogP contribution in [0.2, 0.25) is 5.02 Å². The first-order valence-electron chi connectivity index (χ1n) is 8.31. The van der Waals surface area contributed by atoms with E-state index in [0.717, 1.165) is 16.8 Å². The van der Waals surface area contributed by atoms with Crippen molar-refractivity contribution in [2.75, 3.05) is 0 Å². The number of carbonyl (C=O) groups excluding carboxylic acids is 1. The fourth-order valence-electron chi connectivity index (χ4n) is 3.04. The summed E-state index contributed by atoms with van der Waals surface area (Å²) in [4.78, 5) is 17.3. The lowest BCUT2D eigenvalue weighted by atomic mass is 10.1. The van der Waals surface area contributed by atoms with Gasteiger partial charge < -0.3 is 5.11 Å². The molecule has 4 aromatic rings. The minimum atomic E-state index is -4.77. The van der Waals surface area contributed by atoms with Crippen molar-refractivity contribution in [1.29, 1.82) is 0 Å². The second kappa shape index (κ2) is 6.89. The number of aromatic hydroxyl groups is 1. The lowest BCUT2D eigenvalue weighted by molar-refractivity contribution is -0.137. The molecule has 4 rings (SSSR count). The summed E-state index contributed by atoms with van der Waals surface area (Å²) in [6.07, 6.45) is -3.30. The quantitative estimate of drug-likeness (QED) is 0.489. The van der Waals surface area contributed by atoms with Crippen LogP contribution in [0.1, 0.15) is 15.9 Å². The van der Waals surface area contributed by atoms with Crippen LogP contribution in [-0.2, 0) is 6.18 Å². The largest absolute Gasteiger partial charge is 0.508 e. The lowest BCUT2D eigenvalue weighted by Gasteiger charge is -2.13. The molecule has 0 aliphatic rings. The zero-order chi connectivity index (χ0) is 20.8. The number of aromatic nitrogens is 3. The molecular weight excluding hydrogens is 407 g/mol. The molecule has 146 valence electrons. The van der Waals surface area contributed by atoms with Gasteiger partial charge in [0.05, 0.1) is 21.7 Å². The van der Waals surface area contributed by atoms with E-state index in [2.05, 4.69) is 10.1 Å². The van der Waals surface area contributed by atoms with Crippen molar-refractivity contribution in [3.05, 3.63) is 76.9 Å². The van der Waals surface area contributed by atoms with E-state index in [1.165, 1.54) is 36.5 Å². The van der Waals surface area contributed by atoms with Crippen molar-refractivity contribution in [2.24, 2.45) is 0 Å². The molecule has 0 aliphatic heterocycles. The molecule has 5 nitrogen and oxygen atoms in total. The Labute approximate surface area is 167 Å². The summed E-state index contributed by atoms with van der Waals surface area (Å²) in [5.74, 6) is -1.06. The summed E-state index contributed by atoms with van der Waals surface area (Å²) in [5, 5.41) is 13.6. The number of nitrogens with zero attached hydrogens (tertiary/aromatic N) is 3. The van der Waals surface area contributed by atoms with E-state index >= 15 is 0 Å². The number of carbonyl (C=O) groups is 1. The smallest absolute Gasteiger partial charge is 0.417 e. The molecule has 0 radical (unpaired) electrons. The topological polar surface area (TPSA) is 68.0 Å². The van der Waals surface area contributed by atoms with Gasteiger partial charge in [-0.1, -0.05) is 29.8 Å². The second-order valence-corrected chi connectivity index (χ2v) is 6.55. The van der Waals surface area contributed by atoms with Crippen molar-refractivity contribution in [3.8, 4) is 17.0 Å². The average molecular weight is 418 g/mol. The van der Waals surface area contributed by atoms with Crippen LogP contribution in [0, 0.1) is 0 Å². The Morgan fingerprint density at radius 3 is 2.55 bits per heavy atom. The number of benzene rings is 2. The number of phenols is 1. The standard InChI is InChI=1S/C20H11ClF3N3O2/c21-14-7-2-6-13(20(22,23)24)16(14)19(29)27-15-8-3-9-25-18(15)17(26-27)11-4-1-5-12(28)10-11/h1-10,28H. The molecule has 2 aromatic carbocycles. The summed E-state index contributed by atoms with van der Waals surface area (Å²) < 4.78 is 41.2. The normalized spacial score (nSPS) is 11.7. The molecule has 0 saturated carbocycles. The molecule has 0 spiro atoms. The molecule has 0 fully saturated rings. The van der Waals surface area contributed by atoms with Crippen molar-refractivity contribution >= 4 is 28.5 Å². The molecule has 0 saturated heterocycles. The summed E-state index contributed by atoms with van der Waals surface area (Å²) in [5.41, 5.74) is -0.643. The molecule has 0 bridgehead atoms. The summed E-state index contributed by atoms with van der Waals surface area (Å²) in [6, 6.07) is 12.3. The summed E-state index contributed by atoms with van der Waals surface area (Å²) >= 11 is 5.97. The van der Waals surface area contributed by atoms with Crippen molar-refractivity contribution < 1.29 is 23.1 Å². The highest BCUT2D eigenvalue weighted by Crippen LogP contribution is 2.36. The van der Waals surface area contributed by atoms with Crippen LogP contribution in [0.5, 0.6) is 5.75 Å². The zero-order valence-corrected chi connectivity index (χ0v) is 15.2. The number of halogens is 4. The monoisotopic (exact) mass is 417 g/mol. The molecule has 2 aromatic heterocycles. The van der Waals surface area contributed by atoms with E-state index < -0.39 is 23.2 Å². The van der Waals surface area contributed by atoms with Crippen LogP contribution in [0.25, 0.3) is 22.3 Å². The molecule has 1 N–H and O–H groups in total. The summed E-state index contributed by atoms with van der Waals surface area (Å²) in [6.45, 7) is 0. The van der Waals surface area contributed by atoms with E-state index in [1.54, 1.807) is 12.1 Å². The first-order chi connectivity index (χ1) is 13.8. The zero-order valence-electron chi connectivity index (χ0n) is 14.5. The van der Waals surface area contributed by atoms with Crippen molar-refractivity contribution in [3.63, 3.8) is 0 Å². The van der Waals surface area contributed by atoms with Crippen LogP contribution in [0.15, 0.2) is 60.8 Å². The van der Waals surface area contributed by atoms with Gasteiger partial charge in [0, 0.05) is 11.8 Å². The third-order valence-electron chi connectivity index (χ3n) is 4.28. The van der Waals surface area contributed by atoms with Crippen LogP contribution < -0.4 is 0 Å². The van der Waals surface area contributed by atoms with Crippen LogP contribution in [0.4, 0.5) is 13.2 Å². The number of hydrogen-bond acceptors (Lipinski definition) is 4. The number of rotatable bonds is 2. The van der Waals surface area contributed by atoms with Gasteiger partial charge in [-0.3, -0.25) is 9.78 Å². The first-order valence-corrected chi connectivity index (χ1v) is 8.68. The Balaban J connectivity index is 1.96. The average Bonchev–Trinajstić information content (AvgIpc) is 3.06.